The van der Waals surface area contributed by atoms with E-state index in [1.54, 1.807) is 11.6 Å². The third-order valence-electron chi connectivity index (χ3n) is 3.85. The van der Waals surface area contributed by atoms with E-state index in [0.717, 1.165) is 12.8 Å². The number of hydrogen-bond acceptors (Lipinski definition) is 4. The Kier molecular flexibility index (Phi) is 3.52. The molecule has 0 radical (unpaired) electrons. The zero-order valence-electron chi connectivity index (χ0n) is 12.1. The van der Waals surface area contributed by atoms with Crippen LogP contribution in [0.4, 0.5) is 11.5 Å². The van der Waals surface area contributed by atoms with Crippen LogP contribution in [0.15, 0.2) is 0 Å². The summed E-state index contributed by atoms with van der Waals surface area (Å²) in [4.78, 5) is 10.9. The minimum absolute atomic E-state index is 0.0517. The van der Waals surface area contributed by atoms with Crippen molar-refractivity contribution >= 4 is 11.5 Å². The number of hydrogen-bond donors (Lipinski definition) is 1. The van der Waals surface area contributed by atoms with Crippen molar-refractivity contribution in [2.45, 2.75) is 65.0 Å². The molecule has 0 amide bonds. The second-order valence-electron chi connectivity index (χ2n) is 5.97. The summed E-state index contributed by atoms with van der Waals surface area (Å²) in [5.41, 5.74) is 0.536. The summed E-state index contributed by atoms with van der Waals surface area (Å²) in [5.74, 6) is 0.557. The Labute approximate surface area is 113 Å². The number of rotatable bonds is 4. The van der Waals surface area contributed by atoms with Gasteiger partial charge in [-0.1, -0.05) is 12.8 Å². The van der Waals surface area contributed by atoms with Crippen LogP contribution in [-0.2, 0) is 0 Å². The van der Waals surface area contributed by atoms with Crippen LogP contribution in [0.2, 0.25) is 0 Å². The Hall–Kier alpha value is -1.59. The maximum atomic E-state index is 11.3. The summed E-state index contributed by atoms with van der Waals surface area (Å²) in [5, 5.41) is 19.0. The highest BCUT2D eigenvalue weighted by molar-refractivity contribution is 5.61. The Bertz CT molecular complexity index is 487. The molecule has 6 heteroatoms. The predicted molar refractivity (Wildman–Crippen MR) is 74.5 cm³/mol. The molecule has 0 aromatic carbocycles. The van der Waals surface area contributed by atoms with E-state index >= 15 is 0 Å². The quantitative estimate of drug-likeness (QED) is 0.669. The van der Waals surface area contributed by atoms with Gasteiger partial charge < -0.3 is 5.32 Å². The van der Waals surface area contributed by atoms with Crippen molar-refractivity contribution < 1.29 is 4.92 Å². The molecule has 1 aliphatic rings. The van der Waals surface area contributed by atoms with Crippen molar-refractivity contribution in [3.05, 3.63) is 15.8 Å². The van der Waals surface area contributed by atoms with E-state index in [2.05, 4.69) is 17.3 Å². The molecule has 1 heterocycles. The fourth-order valence-corrected chi connectivity index (χ4v) is 2.81. The van der Waals surface area contributed by atoms with E-state index < -0.39 is 0 Å². The summed E-state index contributed by atoms with van der Waals surface area (Å²) in [6.45, 7) is 7.80. The van der Waals surface area contributed by atoms with Gasteiger partial charge in [-0.3, -0.25) is 10.1 Å². The number of aromatic nitrogens is 2. The lowest BCUT2D eigenvalue weighted by Crippen LogP contribution is -2.32. The average Bonchev–Trinajstić information content (AvgIpc) is 2.83. The summed E-state index contributed by atoms with van der Waals surface area (Å²) < 4.78 is 1.73. The summed E-state index contributed by atoms with van der Waals surface area (Å²) in [6, 6.07) is 0.0971. The first-order valence-corrected chi connectivity index (χ1v) is 6.86. The van der Waals surface area contributed by atoms with Gasteiger partial charge in [0.15, 0.2) is 0 Å². The second-order valence-corrected chi connectivity index (χ2v) is 5.97. The Balaban J connectivity index is 2.43. The van der Waals surface area contributed by atoms with E-state index in [1.807, 2.05) is 13.8 Å². The van der Waals surface area contributed by atoms with Gasteiger partial charge in [-0.25, -0.2) is 4.68 Å². The van der Waals surface area contributed by atoms with Gasteiger partial charge in [-0.05, 0) is 40.5 Å². The van der Waals surface area contributed by atoms with Gasteiger partial charge in [0.2, 0.25) is 5.82 Å². The lowest BCUT2D eigenvalue weighted by Gasteiger charge is -2.27. The summed E-state index contributed by atoms with van der Waals surface area (Å²) in [7, 11) is 0. The third kappa shape index (κ3) is 2.57. The molecular weight excluding hydrogens is 244 g/mol. The molecule has 106 valence electrons. The second kappa shape index (κ2) is 4.83. The number of nitrogens with one attached hydrogen (secondary N) is 1. The zero-order chi connectivity index (χ0) is 14.2. The average molecular weight is 266 g/mol. The fraction of sp³-hybridized carbons (Fsp3) is 0.769. The number of anilines is 1. The molecular formula is C13H22N4O2. The van der Waals surface area contributed by atoms with Crippen molar-refractivity contribution in [3.8, 4) is 0 Å². The fourth-order valence-electron chi connectivity index (χ4n) is 2.81. The van der Waals surface area contributed by atoms with Gasteiger partial charge in [0.1, 0.15) is 5.69 Å². The van der Waals surface area contributed by atoms with Gasteiger partial charge in [0.25, 0.3) is 0 Å². The highest BCUT2D eigenvalue weighted by atomic mass is 16.6. The maximum absolute atomic E-state index is 11.3. The SMILES string of the molecule is Cc1nn(C(C)C)c(NC2(C)CCCC2)c1[N+](=O)[O-]. The van der Waals surface area contributed by atoms with Crippen molar-refractivity contribution in [2.24, 2.45) is 0 Å². The van der Waals surface area contributed by atoms with Gasteiger partial charge >= 0.3 is 5.69 Å². The smallest absolute Gasteiger partial charge is 0.333 e. The highest BCUT2D eigenvalue weighted by Crippen LogP contribution is 2.38. The van der Waals surface area contributed by atoms with Crippen LogP contribution in [-0.4, -0.2) is 20.2 Å². The lowest BCUT2D eigenvalue weighted by atomic mass is 10.0. The molecule has 0 aliphatic heterocycles. The van der Waals surface area contributed by atoms with E-state index in [4.69, 9.17) is 0 Å². The molecule has 1 aromatic heterocycles. The van der Waals surface area contributed by atoms with E-state index in [0.29, 0.717) is 11.5 Å². The van der Waals surface area contributed by atoms with Crippen molar-refractivity contribution in [1.29, 1.82) is 0 Å². The van der Waals surface area contributed by atoms with Crippen molar-refractivity contribution in [3.63, 3.8) is 0 Å². The lowest BCUT2D eigenvalue weighted by molar-refractivity contribution is -0.384. The first-order valence-electron chi connectivity index (χ1n) is 6.86. The van der Waals surface area contributed by atoms with Gasteiger partial charge in [0.05, 0.1) is 4.92 Å². The van der Waals surface area contributed by atoms with Crippen LogP contribution < -0.4 is 5.32 Å². The molecule has 6 nitrogen and oxygen atoms in total. The van der Waals surface area contributed by atoms with Gasteiger partial charge in [-0.15, -0.1) is 0 Å². The zero-order valence-corrected chi connectivity index (χ0v) is 12.1. The predicted octanol–water partition coefficient (Wildman–Crippen LogP) is 3.43. The van der Waals surface area contributed by atoms with Gasteiger partial charge in [0, 0.05) is 11.6 Å². The molecule has 1 saturated carbocycles. The summed E-state index contributed by atoms with van der Waals surface area (Å²) >= 11 is 0. The third-order valence-corrected chi connectivity index (χ3v) is 3.85. The van der Waals surface area contributed by atoms with E-state index in [9.17, 15) is 10.1 Å². The number of nitro groups is 1. The van der Waals surface area contributed by atoms with E-state index in [1.165, 1.54) is 12.8 Å². The minimum Gasteiger partial charge on any atom is -0.359 e. The molecule has 1 N–H and O–H groups in total. The standard InChI is InChI=1S/C13H22N4O2/c1-9(2)16-12(11(17(18)19)10(3)15-16)14-13(4)7-5-6-8-13/h9,14H,5-8H2,1-4H3. The van der Waals surface area contributed by atoms with Crippen LogP contribution in [0, 0.1) is 17.0 Å². The van der Waals surface area contributed by atoms with Crippen LogP contribution >= 0.6 is 0 Å². The first-order chi connectivity index (χ1) is 8.84. The Morgan fingerprint density at radius 3 is 2.47 bits per heavy atom. The molecule has 19 heavy (non-hydrogen) atoms. The highest BCUT2D eigenvalue weighted by Gasteiger charge is 2.34. The van der Waals surface area contributed by atoms with Crippen molar-refractivity contribution in [1.82, 2.24) is 9.78 Å². The van der Waals surface area contributed by atoms with Crippen LogP contribution in [0.25, 0.3) is 0 Å². The van der Waals surface area contributed by atoms with Crippen molar-refractivity contribution in [2.75, 3.05) is 5.32 Å². The molecule has 2 rings (SSSR count). The number of nitrogens with zero attached hydrogens (tertiary/aromatic N) is 3. The maximum Gasteiger partial charge on any atom is 0.333 e. The van der Waals surface area contributed by atoms with E-state index in [-0.39, 0.29) is 22.2 Å². The minimum atomic E-state index is -0.331. The Morgan fingerprint density at radius 2 is 2.00 bits per heavy atom. The van der Waals surface area contributed by atoms with Gasteiger partial charge in [-0.2, -0.15) is 5.10 Å². The van der Waals surface area contributed by atoms with Crippen LogP contribution in [0.5, 0.6) is 0 Å². The topological polar surface area (TPSA) is 73.0 Å². The van der Waals surface area contributed by atoms with Crippen LogP contribution in [0.1, 0.15) is 58.2 Å². The molecule has 1 fully saturated rings. The summed E-state index contributed by atoms with van der Waals surface area (Å²) in [6.07, 6.45) is 4.44. The molecule has 0 bridgehead atoms. The molecule has 0 atom stereocenters. The van der Waals surface area contributed by atoms with Crippen LogP contribution in [0.3, 0.4) is 0 Å². The molecule has 0 spiro atoms. The molecule has 0 saturated heterocycles. The first kappa shape index (κ1) is 13.8. The number of aryl methyl sites for hydroxylation is 1. The largest absolute Gasteiger partial charge is 0.359 e. The normalized spacial score (nSPS) is 17.9. The Morgan fingerprint density at radius 1 is 1.42 bits per heavy atom. The molecule has 1 aliphatic carbocycles. The molecule has 1 aromatic rings. The molecule has 0 unspecified atom stereocenters. The monoisotopic (exact) mass is 266 g/mol.